The maximum absolute atomic E-state index is 5.25. The molecule has 0 fully saturated rings. The highest BCUT2D eigenvalue weighted by Gasteiger charge is 2.01. The molecule has 0 unspecified atom stereocenters. The van der Waals surface area contributed by atoms with Gasteiger partial charge in [0.05, 0.1) is 12.8 Å². The predicted octanol–water partition coefficient (Wildman–Crippen LogP) is 2.47. The smallest absolute Gasteiger partial charge is 0.226 e. The van der Waals surface area contributed by atoms with Crippen molar-refractivity contribution in [3.05, 3.63) is 35.3 Å². The van der Waals surface area contributed by atoms with Crippen molar-refractivity contribution in [1.29, 1.82) is 0 Å². The second-order valence-corrected chi connectivity index (χ2v) is 3.96. The van der Waals surface area contributed by atoms with E-state index in [0.717, 1.165) is 18.7 Å². The van der Waals surface area contributed by atoms with Gasteiger partial charge in [-0.2, -0.15) is 4.98 Å². The second-order valence-electron chi connectivity index (χ2n) is 3.60. The monoisotopic (exact) mass is 250 g/mol. The van der Waals surface area contributed by atoms with Crippen LogP contribution in [-0.4, -0.2) is 21.1 Å². The van der Waals surface area contributed by atoms with Crippen LogP contribution in [0.25, 0.3) is 0 Å². The first kappa shape index (κ1) is 11.8. The van der Waals surface area contributed by atoms with Gasteiger partial charge in [-0.1, -0.05) is 6.92 Å². The minimum Gasteiger partial charge on any atom is -0.467 e. The van der Waals surface area contributed by atoms with E-state index in [1.807, 2.05) is 12.1 Å². The van der Waals surface area contributed by atoms with E-state index in [2.05, 4.69) is 22.2 Å². The Kier molecular flexibility index (Phi) is 3.87. The fourth-order valence-corrected chi connectivity index (χ4v) is 1.56. The average Bonchev–Trinajstić information content (AvgIpc) is 2.82. The predicted molar refractivity (Wildman–Crippen MR) is 67.4 cm³/mol. The zero-order chi connectivity index (χ0) is 12.1. The van der Waals surface area contributed by atoms with Crippen molar-refractivity contribution in [2.75, 3.05) is 11.9 Å². The number of furan rings is 1. The Labute approximate surface area is 105 Å². The van der Waals surface area contributed by atoms with E-state index in [4.69, 9.17) is 16.6 Å². The molecule has 0 aliphatic rings. The summed E-state index contributed by atoms with van der Waals surface area (Å²) in [4.78, 5) is 8.40. The van der Waals surface area contributed by atoms with E-state index in [0.29, 0.717) is 17.3 Å². The van der Waals surface area contributed by atoms with Crippen molar-refractivity contribution < 1.29 is 4.42 Å². The molecule has 0 spiro atoms. The molecule has 0 amide bonds. The third-order valence-corrected chi connectivity index (χ3v) is 2.53. The van der Waals surface area contributed by atoms with Crippen LogP contribution in [0, 0.1) is 4.77 Å². The lowest BCUT2D eigenvalue weighted by Gasteiger charge is -2.06. The second kappa shape index (κ2) is 5.58. The van der Waals surface area contributed by atoms with Crippen LogP contribution in [0.5, 0.6) is 0 Å². The summed E-state index contributed by atoms with van der Waals surface area (Å²) in [6, 6.07) is 3.74. The van der Waals surface area contributed by atoms with Gasteiger partial charge >= 0.3 is 0 Å². The zero-order valence-corrected chi connectivity index (χ0v) is 10.4. The summed E-state index contributed by atoms with van der Waals surface area (Å²) < 4.78 is 7.51. The summed E-state index contributed by atoms with van der Waals surface area (Å²) in [5.41, 5.74) is 0. The Bertz CT molecular complexity index is 521. The van der Waals surface area contributed by atoms with Crippen LogP contribution in [0.1, 0.15) is 19.1 Å². The fraction of sp³-hybridized carbons (Fsp3) is 0.364. The molecule has 0 radical (unpaired) electrons. The van der Waals surface area contributed by atoms with Crippen molar-refractivity contribution >= 4 is 18.2 Å². The molecule has 2 aromatic heterocycles. The van der Waals surface area contributed by atoms with Crippen LogP contribution in [-0.2, 0) is 6.54 Å². The number of aromatic nitrogens is 3. The molecular weight excluding hydrogens is 236 g/mol. The number of nitrogens with one attached hydrogen (secondary N) is 1. The van der Waals surface area contributed by atoms with E-state index in [1.54, 1.807) is 17.2 Å². The minimum absolute atomic E-state index is 0.495. The molecule has 0 bridgehead atoms. The SMILES string of the molecule is CCCNc1ncn(Cc2ccco2)c(=S)n1. The van der Waals surface area contributed by atoms with Gasteiger partial charge in [-0.05, 0) is 30.8 Å². The van der Waals surface area contributed by atoms with Crippen LogP contribution >= 0.6 is 12.2 Å². The highest BCUT2D eigenvalue weighted by Crippen LogP contribution is 2.04. The van der Waals surface area contributed by atoms with Crippen molar-refractivity contribution in [3.8, 4) is 0 Å². The lowest BCUT2D eigenvalue weighted by atomic mass is 10.4. The Morgan fingerprint density at radius 1 is 1.53 bits per heavy atom. The molecule has 90 valence electrons. The molecule has 2 rings (SSSR count). The topological polar surface area (TPSA) is 55.9 Å². The molecule has 17 heavy (non-hydrogen) atoms. The molecule has 2 aromatic rings. The maximum Gasteiger partial charge on any atom is 0.226 e. The highest BCUT2D eigenvalue weighted by molar-refractivity contribution is 7.71. The number of hydrogen-bond donors (Lipinski definition) is 1. The Morgan fingerprint density at radius 3 is 3.06 bits per heavy atom. The lowest BCUT2D eigenvalue weighted by molar-refractivity contribution is 0.488. The van der Waals surface area contributed by atoms with Crippen LogP contribution in [0.2, 0.25) is 0 Å². The van der Waals surface area contributed by atoms with Crippen molar-refractivity contribution in [1.82, 2.24) is 14.5 Å². The lowest BCUT2D eigenvalue weighted by Crippen LogP contribution is -2.09. The van der Waals surface area contributed by atoms with Gasteiger partial charge in [-0.15, -0.1) is 0 Å². The van der Waals surface area contributed by atoms with Gasteiger partial charge in [-0.3, -0.25) is 4.57 Å². The molecule has 0 aliphatic heterocycles. The van der Waals surface area contributed by atoms with E-state index < -0.39 is 0 Å². The quantitative estimate of drug-likeness (QED) is 0.826. The number of anilines is 1. The Hall–Kier alpha value is -1.69. The number of hydrogen-bond acceptors (Lipinski definition) is 5. The molecule has 0 aromatic carbocycles. The average molecular weight is 250 g/mol. The molecule has 0 atom stereocenters. The van der Waals surface area contributed by atoms with Crippen molar-refractivity contribution in [3.63, 3.8) is 0 Å². The summed E-state index contributed by atoms with van der Waals surface area (Å²) in [5, 5.41) is 3.10. The standard InChI is InChI=1S/C11H14N4OS/c1-2-5-12-10-13-8-15(11(17)14-10)7-9-4-3-6-16-9/h3-4,6,8H,2,5,7H2,1H3,(H,12,14,17). The van der Waals surface area contributed by atoms with Gasteiger partial charge in [0.15, 0.2) is 0 Å². The summed E-state index contributed by atoms with van der Waals surface area (Å²) in [5.74, 6) is 1.41. The Morgan fingerprint density at radius 2 is 2.41 bits per heavy atom. The van der Waals surface area contributed by atoms with E-state index in [1.165, 1.54) is 0 Å². The van der Waals surface area contributed by atoms with Crippen LogP contribution in [0.3, 0.4) is 0 Å². The number of rotatable bonds is 5. The first-order valence-corrected chi connectivity index (χ1v) is 5.90. The third kappa shape index (κ3) is 3.13. The Balaban J connectivity index is 2.12. The molecule has 2 heterocycles. The molecule has 0 saturated carbocycles. The van der Waals surface area contributed by atoms with Gasteiger partial charge in [-0.25, -0.2) is 4.98 Å². The highest BCUT2D eigenvalue weighted by atomic mass is 32.1. The summed E-state index contributed by atoms with van der Waals surface area (Å²) in [7, 11) is 0. The van der Waals surface area contributed by atoms with Gasteiger partial charge < -0.3 is 9.73 Å². The molecular formula is C11H14N4OS. The van der Waals surface area contributed by atoms with Gasteiger partial charge in [0.25, 0.3) is 0 Å². The molecule has 0 saturated heterocycles. The van der Waals surface area contributed by atoms with E-state index in [9.17, 15) is 0 Å². The zero-order valence-electron chi connectivity index (χ0n) is 9.59. The first-order chi connectivity index (χ1) is 8.29. The molecule has 0 aliphatic carbocycles. The largest absolute Gasteiger partial charge is 0.467 e. The third-order valence-electron chi connectivity index (χ3n) is 2.21. The fourth-order valence-electron chi connectivity index (χ4n) is 1.36. The maximum atomic E-state index is 5.25. The number of nitrogens with zero attached hydrogens (tertiary/aromatic N) is 3. The van der Waals surface area contributed by atoms with Crippen molar-refractivity contribution in [2.24, 2.45) is 0 Å². The van der Waals surface area contributed by atoms with Gasteiger partial charge in [0.1, 0.15) is 12.1 Å². The summed E-state index contributed by atoms with van der Waals surface area (Å²) >= 11 is 5.19. The van der Waals surface area contributed by atoms with Crippen LogP contribution in [0.15, 0.2) is 29.1 Å². The first-order valence-electron chi connectivity index (χ1n) is 5.49. The normalized spacial score (nSPS) is 10.4. The summed E-state index contributed by atoms with van der Waals surface area (Å²) in [6.07, 6.45) is 4.34. The van der Waals surface area contributed by atoms with Crippen LogP contribution < -0.4 is 5.32 Å². The minimum atomic E-state index is 0.495. The summed E-state index contributed by atoms with van der Waals surface area (Å²) in [6.45, 7) is 3.48. The molecule has 1 N–H and O–H groups in total. The van der Waals surface area contributed by atoms with Gasteiger partial charge in [0, 0.05) is 6.54 Å². The van der Waals surface area contributed by atoms with Gasteiger partial charge in [0.2, 0.25) is 10.7 Å². The van der Waals surface area contributed by atoms with Crippen LogP contribution in [0.4, 0.5) is 5.95 Å². The molecule has 6 heteroatoms. The van der Waals surface area contributed by atoms with E-state index >= 15 is 0 Å². The molecule has 5 nitrogen and oxygen atoms in total. The van der Waals surface area contributed by atoms with Crippen molar-refractivity contribution in [2.45, 2.75) is 19.9 Å². The van der Waals surface area contributed by atoms with E-state index in [-0.39, 0.29) is 0 Å².